The molecule has 0 aliphatic heterocycles. The average Bonchev–Trinajstić information content (AvgIpc) is 2.94. The number of unbranched alkanes of at least 4 members (excludes halogenated alkanes) is 1. The van der Waals surface area contributed by atoms with E-state index in [-0.39, 0.29) is 18.4 Å². The van der Waals surface area contributed by atoms with Crippen LogP contribution in [0, 0.1) is 30.0 Å². The van der Waals surface area contributed by atoms with Crippen LogP contribution in [0.3, 0.4) is 0 Å². The van der Waals surface area contributed by atoms with Crippen molar-refractivity contribution in [2.45, 2.75) is 72.3 Å². The van der Waals surface area contributed by atoms with Crippen LogP contribution in [0.4, 0.5) is 10.3 Å². The lowest BCUT2D eigenvalue weighted by molar-refractivity contribution is -0.0394. The van der Waals surface area contributed by atoms with E-state index >= 15 is 0 Å². The first kappa shape index (κ1) is 32.6. The van der Waals surface area contributed by atoms with Gasteiger partial charge in [-0.25, -0.2) is 14.4 Å². The number of nitrogens with zero attached hydrogens (tertiary/aromatic N) is 4. The highest BCUT2D eigenvalue weighted by atomic mass is 19.1. The van der Waals surface area contributed by atoms with Crippen LogP contribution >= 0.6 is 0 Å². The van der Waals surface area contributed by atoms with Crippen molar-refractivity contribution in [1.82, 2.24) is 15.1 Å². The van der Waals surface area contributed by atoms with E-state index in [0.29, 0.717) is 35.1 Å². The molecule has 40 heavy (non-hydrogen) atoms. The SMILES string of the molecule is CCCCC(CC)CO.Cc1c(F)cc(C(C)(C)c2ccc(OCc3ccnc(NN(C)O)n3)cc2)cc1C#N. The Hall–Kier alpha value is -3.58. The van der Waals surface area contributed by atoms with Crippen LogP contribution in [0.5, 0.6) is 5.75 Å². The number of hydrazine groups is 1. The fourth-order valence-electron chi connectivity index (χ4n) is 4.04. The lowest BCUT2D eigenvalue weighted by Gasteiger charge is -2.27. The molecule has 1 atom stereocenters. The Kier molecular flexibility index (Phi) is 12.9. The highest BCUT2D eigenvalue weighted by Crippen LogP contribution is 2.34. The summed E-state index contributed by atoms with van der Waals surface area (Å²) in [6.45, 7) is 10.5. The molecule has 0 fully saturated rings. The molecule has 8 nitrogen and oxygen atoms in total. The fourth-order valence-corrected chi connectivity index (χ4v) is 4.04. The minimum Gasteiger partial charge on any atom is -0.487 e. The smallest absolute Gasteiger partial charge is 0.239 e. The Morgan fingerprint density at radius 1 is 1.15 bits per heavy atom. The van der Waals surface area contributed by atoms with Crippen molar-refractivity contribution in [2.24, 2.45) is 5.92 Å². The fraction of sp³-hybridized carbons (Fsp3) is 0.452. The van der Waals surface area contributed by atoms with Crippen LogP contribution < -0.4 is 10.2 Å². The highest BCUT2D eigenvalue weighted by molar-refractivity contribution is 5.47. The van der Waals surface area contributed by atoms with Gasteiger partial charge in [-0.1, -0.05) is 59.1 Å². The first-order valence-electron chi connectivity index (χ1n) is 13.6. The second kappa shape index (κ2) is 15.9. The summed E-state index contributed by atoms with van der Waals surface area (Å²) in [5.74, 6) is 1.09. The summed E-state index contributed by atoms with van der Waals surface area (Å²) in [4.78, 5) is 8.24. The Balaban J connectivity index is 0.000000536. The summed E-state index contributed by atoms with van der Waals surface area (Å²) in [6, 6.07) is 14.6. The number of aromatic nitrogens is 2. The molecule has 0 bridgehead atoms. The number of anilines is 1. The molecule has 0 aliphatic rings. The average molecular weight is 552 g/mol. The van der Waals surface area contributed by atoms with Crippen LogP contribution in [0.2, 0.25) is 0 Å². The summed E-state index contributed by atoms with van der Waals surface area (Å²) in [5.41, 5.74) is 5.11. The van der Waals surface area contributed by atoms with Gasteiger partial charge in [0.25, 0.3) is 0 Å². The first-order valence-corrected chi connectivity index (χ1v) is 13.6. The third-order valence-corrected chi connectivity index (χ3v) is 6.93. The van der Waals surface area contributed by atoms with E-state index in [2.05, 4.69) is 35.3 Å². The van der Waals surface area contributed by atoms with Gasteiger partial charge in [-0.2, -0.15) is 5.26 Å². The number of hydroxylamine groups is 1. The molecule has 0 saturated heterocycles. The normalized spacial score (nSPS) is 11.8. The van der Waals surface area contributed by atoms with Crippen molar-refractivity contribution in [3.63, 3.8) is 0 Å². The maximum Gasteiger partial charge on any atom is 0.239 e. The van der Waals surface area contributed by atoms with E-state index in [1.807, 2.05) is 38.1 Å². The molecule has 3 N–H and O–H groups in total. The number of ether oxygens (including phenoxy) is 1. The summed E-state index contributed by atoms with van der Waals surface area (Å²) in [7, 11) is 1.42. The zero-order chi connectivity index (χ0) is 29.7. The lowest BCUT2D eigenvalue weighted by atomic mass is 9.77. The largest absolute Gasteiger partial charge is 0.487 e. The number of aliphatic hydroxyl groups excluding tert-OH is 1. The predicted molar refractivity (Wildman–Crippen MR) is 154 cm³/mol. The van der Waals surface area contributed by atoms with Gasteiger partial charge in [0.2, 0.25) is 5.95 Å². The van der Waals surface area contributed by atoms with Crippen molar-refractivity contribution in [3.8, 4) is 11.8 Å². The summed E-state index contributed by atoms with van der Waals surface area (Å²) >= 11 is 0. The van der Waals surface area contributed by atoms with Gasteiger partial charge in [0.05, 0.1) is 17.3 Å². The van der Waals surface area contributed by atoms with Crippen molar-refractivity contribution in [1.29, 1.82) is 5.26 Å². The number of halogens is 1. The first-order chi connectivity index (χ1) is 19.0. The Morgan fingerprint density at radius 2 is 1.85 bits per heavy atom. The Morgan fingerprint density at radius 3 is 2.42 bits per heavy atom. The van der Waals surface area contributed by atoms with Crippen LogP contribution in [-0.2, 0) is 12.0 Å². The molecule has 0 amide bonds. The molecule has 3 rings (SSSR count). The van der Waals surface area contributed by atoms with E-state index in [4.69, 9.17) is 9.84 Å². The van der Waals surface area contributed by atoms with Gasteiger partial charge < -0.3 is 9.84 Å². The van der Waals surface area contributed by atoms with Crippen molar-refractivity contribution in [3.05, 3.63) is 82.4 Å². The van der Waals surface area contributed by atoms with Gasteiger partial charge in [0.15, 0.2) is 0 Å². The molecule has 0 spiro atoms. The maximum absolute atomic E-state index is 14.3. The molecule has 9 heteroatoms. The molecule has 1 aromatic heterocycles. The predicted octanol–water partition coefficient (Wildman–Crippen LogP) is 6.54. The third-order valence-electron chi connectivity index (χ3n) is 6.93. The van der Waals surface area contributed by atoms with Gasteiger partial charge in [0, 0.05) is 30.8 Å². The van der Waals surface area contributed by atoms with E-state index in [9.17, 15) is 14.9 Å². The number of hydrogen-bond donors (Lipinski definition) is 3. The number of aliphatic hydroxyl groups is 1. The number of nitriles is 1. The molecule has 0 saturated carbocycles. The molecule has 1 unspecified atom stereocenters. The molecular formula is C31H42FN5O3. The van der Waals surface area contributed by atoms with E-state index in [1.54, 1.807) is 25.3 Å². The van der Waals surface area contributed by atoms with E-state index in [0.717, 1.165) is 22.7 Å². The molecule has 1 heterocycles. The quantitative estimate of drug-likeness (QED) is 0.217. The highest BCUT2D eigenvalue weighted by Gasteiger charge is 2.25. The van der Waals surface area contributed by atoms with Crippen LogP contribution in [0.1, 0.15) is 81.3 Å². The zero-order valence-electron chi connectivity index (χ0n) is 24.4. The van der Waals surface area contributed by atoms with Gasteiger partial charge in [-0.3, -0.25) is 10.6 Å². The van der Waals surface area contributed by atoms with Gasteiger partial charge in [-0.15, -0.1) is 5.17 Å². The number of rotatable bonds is 12. The Labute approximate surface area is 237 Å². The number of hydrogen-bond acceptors (Lipinski definition) is 8. The molecular weight excluding hydrogens is 509 g/mol. The van der Waals surface area contributed by atoms with Crippen LogP contribution in [-0.4, -0.2) is 39.1 Å². The number of benzene rings is 2. The summed E-state index contributed by atoms with van der Waals surface area (Å²) in [6.07, 6.45) is 6.40. The van der Waals surface area contributed by atoms with Gasteiger partial charge in [0.1, 0.15) is 18.2 Å². The molecule has 2 aromatic carbocycles. The van der Waals surface area contributed by atoms with Crippen molar-refractivity contribution < 1.29 is 19.4 Å². The minimum absolute atomic E-state index is 0.226. The molecule has 0 radical (unpaired) electrons. The van der Waals surface area contributed by atoms with Crippen LogP contribution in [0.15, 0.2) is 48.7 Å². The second-order valence-electron chi connectivity index (χ2n) is 10.3. The number of nitrogens with one attached hydrogen (secondary N) is 1. The summed E-state index contributed by atoms with van der Waals surface area (Å²) in [5, 5.41) is 28.0. The van der Waals surface area contributed by atoms with Gasteiger partial charge >= 0.3 is 0 Å². The van der Waals surface area contributed by atoms with Crippen molar-refractivity contribution >= 4 is 5.95 Å². The van der Waals surface area contributed by atoms with E-state index < -0.39 is 5.41 Å². The topological polar surface area (TPSA) is 115 Å². The molecule has 216 valence electrons. The maximum atomic E-state index is 14.3. The van der Waals surface area contributed by atoms with E-state index in [1.165, 1.54) is 32.4 Å². The standard InChI is InChI=1S/C23H24FN5O2.C8H18O/c1-15-16(13-25)11-18(12-21(15)24)23(2,3)17-5-7-20(8-6-17)31-14-19-9-10-26-22(27-19)28-29(4)30;1-3-5-6-8(4-2)7-9/h5-12,30H,14H2,1-4H3,(H,26,27,28);8-9H,3-7H2,1-2H3. The summed E-state index contributed by atoms with van der Waals surface area (Å²) < 4.78 is 20.1. The second-order valence-corrected chi connectivity index (χ2v) is 10.3. The third kappa shape index (κ3) is 9.56. The monoisotopic (exact) mass is 551 g/mol. The van der Waals surface area contributed by atoms with Crippen molar-refractivity contribution in [2.75, 3.05) is 19.1 Å². The minimum atomic E-state index is -0.498. The van der Waals surface area contributed by atoms with Crippen LogP contribution in [0.25, 0.3) is 0 Å². The van der Waals surface area contributed by atoms with Gasteiger partial charge in [-0.05, 0) is 60.7 Å². The molecule has 0 aliphatic carbocycles. The lowest BCUT2D eigenvalue weighted by Crippen LogP contribution is -2.22. The molecule has 3 aromatic rings. The Bertz CT molecular complexity index is 1240. The zero-order valence-corrected chi connectivity index (χ0v) is 24.4.